The van der Waals surface area contributed by atoms with Gasteiger partial charge in [0, 0.05) is 30.4 Å². The van der Waals surface area contributed by atoms with Gasteiger partial charge in [-0.2, -0.15) is 0 Å². The molecule has 0 atom stereocenters. The summed E-state index contributed by atoms with van der Waals surface area (Å²) in [6.07, 6.45) is 4.63. The Hall–Kier alpha value is -3.13. The van der Waals surface area contributed by atoms with Gasteiger partial charge in [-0.15, -0.1) is 0 Å². The molecule has 5 rings (SSSR count). The molecule has 3 aromatic rings. The van der Waals surface area contributed by atoms with E-state index >= 15 is 0 Å². The van der Waals surface area contributed by atoms with Crippen LogP contribution in [-0.4, -0.2) is 42.5 Å². The summed E-state index contributed by atoms with van der Waals surface area (Å²) in [5, 5.41) is 3.42. The topological polar surface area (TPSA) is 69.7 Å². The van der Waals surface area contributed by atoms with E-state index in [4.69, 9.17) is 25.6 Å². The number of pyridine rings is 1. The average molecular weight is 517 g/mol. The second kappa shape index (κ2) is 9.97. The second-order valence-electron chi connectivity index (χ2n) is 10.4. The van der Waals surface area contributed by atoms with Crippen LogP contribution in [0.1, 0.15) is 50.3 Å². The lowest BCUT2D eigenvalue weighted by Gasteiger charge is -2.32. The van der Waals surface area contributed by atoms with Crippen LogP contribution < -0.4 is 5.32 Å². The summed E-state index contributed by atoms with van der Waals surface area (Å²) in [6.45, 7) is 8.35. The number of hydrogen-bond acceptors (Lipinski definition) is 5. The van der Waals surface area contributed by atoms with Gasteiger partial charge in [0.15, 0.2) is 0 Å². The molecule has 8 heteroatoms. The van der Waals surface area contributed by atoms with E-state index in [-0.39, 0.29) is 19.1 Å². The molecule has 0 unspecified atom stereocenters. The molecule has 1 aliphatic carbocycles. The number of halogens is 1. The van der Waals surface area contributed by atoms with E-state index in [0.717, 1.165) is 0 Å². The maximum absolute atomic E-state index is 12.8. The van der Waals surface area contributed by atoms with Crippen molar-refractivity contribution in [3.63, 3.8) is 0 Å². The molecular weight excluding hydrogens is 487 g/mol. The summed E-state index contributed by atoms with van der Waals surface area (Å²) in [5.74, 6) is -0.00883. The summed E-state index contributed by atoms with van der Waals surface area (Å²) in [6, 6.07) is 18.2. The third-order valence-electron chi connectivity index (χ3n) is 7.47. The van der Waals surface area contributed by atoms with Gasteiger partial charge in [0.2, 0.25) is 0 Å². The minimum absolute atomic E-state index is 0.00883. The van der Waals surface area contributed by atoms with Crippen molar-refractivity contribution < 1.29 is 18.8 Å². The lowest BCUT2D eigenvalue weighted by atomic mass is 9.77. The molecular formula is C29H30BClN2O4. The van der Waals surface area contributed by atoms with Gasteiger partial charge in [0.05, 0.1) is 16.2 Å². The summed E-state index contributed by atoms with van der Waals surface area (Å²) < 4.78 is 18.2. The van der Waals surface area contributed by atoms with E-state index in [1.54, 1.807) is 18.5 Å². The normalized spacial score (nSPS) is 17.9. The number of nitrogens with one attached hydrogen (secondary N) is 1. The standard InChI is InChI=1S/C29H30BClN2O4/c1-28(2)29(3,4)37-30(36-28)20(15-19-16-32-14-13-26(19)31)17-33-27(34)35-18-25-23-11-7-5-9-21(23)22-10-6-8-12-24(22)25/h5-16,25H,17-18H2,1-4H3,(H,33,34). The Balaban J connectivity index is 1.30. The van der Waals surface area contributed by atoms with Crippen LogP contribution in [0.15, 0.2) is 72.5 Å². The zero-order valence-corrected chi connectivity index (χ0v) is 22.2. The fourth-order valence-corrected chi connectivity index (χ4v) is 4.88. The Morgan fingerprint density at radius 2 is 1.62 bits per heavy atom. The molecule has 6 nitrogen and oxygen atoms in total. The van der Waals surface area contributed by atoms with Gasteiger partial charge in [-0.05, 0) is 61.5 Å². The number of alkyl carbamates (subject to hydrolysis) is 1. The molecule has 0 spiro atoms. The van der Waals surface area contributed by atoms with Crippen LogP contribution in [-0.2, 0) is 14.0 Å². The third kappa shape index (κ3) is 5.04. The number of fused-ring (bicyclic) bond motifs is 3. The molecule has 0 radical (unpaired) electrons. The molecule has 2 aromatic carbocycles. The van der Waals surface area contributed by atoms with Gasteiger partial charge in [-0.25, -0.2) is 4.79 Å². The minimum atomic E-state index is -0.657. The van der Waals surface area contributed by atoms with Gasteiger partial charge in [0.25, 0.3) is 0 Å². The smallest absolute Gasteiger partial charge is 0.449 e. The zero-order chi connectivity index (χ0) is 26.2. The summed E-state index contributed by atoms with van der Waals surface area (Å²) in [4.78, 5) is 17.0. The van der Waals surface area contributed by atoms with Crippen LogP contribution in [0.5, 0.6) is 0 Å². The first-order chi connectivity index (χ1) is 17.7. The molecule has 2 aliphatic rings. The van der Waals surface area contributed by atoms with Gasteiger partial charge in [-0.1, -0.05) is 66.2 Å². The number of hydrogen-bond donors (Lipinski definition) is 1. The maximum atomic E-state index is 12.8. The molecule has 0 saturated carbocycles. The number of ether oxygens (including phenoxy) is 1. The second-order valence-corrected chi connectivity index (χ2v) is 10.8. The van der Waals surface area contributed by atoms with Crippen LogP contribution >= 0.6 is 11.6 Å². The largest absolute Gasteiger partial charge is 0.492 e. The van der Waals surface area contributed by atoms with E-state index < -0.39 is 24.4 Å². The quantitative estimate of drug-likeness (QED) is 0.390. The highest BCUT2D eigenvalue weighted by Gasteiger charge is 2.52. The first kappa shape index (κ1) is 25.5. The highest BCUT2D eigenvalue weighted by molar-refractivity contribution is 6.56. The number of carbonyl (C=O) groups excluding carboxylic acids is 1. The molecule has 37 heavy (non-hydrogen) atoms. The highest BCUT2D eigenvalue weighted by Crippen LogP contribution is 2.44. The van der Waals surface area contributed by atoms with E-state index in [0.29, 0.717) is 16.1 Å². The lowest BCUT2D eigenvalue weighted by molar-refractivity contribution is 0.00578. The van der Waals surface area contributed by atoms with Crippen molar-refractivity contribution in [3.8, 4) is 11.1 Å². The van der Waals surface area contributed by atoms with Crippen LogP contribution in [0.2, 0.25) is 5.02 Å². The number of rotatable bonds is 6. The van der Waals surface area contributed by atoms with Gasteiger partial charge >= 0.3 is 13.2 Å². The van der Waals surface area contributed by atoms with Gasteiger partial charge in [-0.3, -0.25) is 4.98 Å². The van der Waals surface area contributed by atoms with Crippen LogP contribution in [0.4, 0.5) is 4.79 Å². The first-order valence-corrected chi connectivity index (χ1v) is 12.8. The van der Waals surface area contributed by atoms with Crippen molar-refractivity contribution in [2.24, 2.45) is 0 Å². The fourth-order valence-electron chi connectivity index (χ4n) is 4.72. The number of nitrogens with zero attached hydrogens (tertiary/aromatic N) is 1. The summed E-state index contributed by atoms with van der Waals surface area (Å²) in [5.41, 5.74) is 5.07. The van der Waals surface area contributed by atoms with E-state index in [2.05, 4.69) is 34.6 Å². The molecule has 1 aromatic heterocycles. The van der Waals surface area contributed by atoms with Crippen molar-refractivity contribution in [1.82, 2.24) is 10.3 Å². The highest BCUT2D eigenvalue weighted by atomic mass is 35.5. The first-order valence-electron chi connectivity index (χ1n) is 12.4. The van der Waals surface area contributed by atoms with Crippen LogP contribution in [0.25, 0.3) is 17.2 Å². The van der Waals surface area contributed by atoms with Gasteiger partial charge < -0.3 is 19.4 Å². The summed E-state index contributed by atoms with van der Waals surface area (Å²) >= 11 is 6.38. The molecule has 0 bridgehead atoms. The van der Waals surface area contributed by atoms with Crippen molar-refractivity contribution in [1.29, 1.82) is 0 Å². The molecule has 1 N–H and O–H groups in total. The maximum Gasteiger partial charge on any atom is 0.492 e. The molecule has 1 saturated heterocycles. The third-order valence-corrected chi connectivity index (χ3v) is 7.82. The number of benzene rings is 2. The zero-order valence-electron chi connectivity index (χ0n) is 21.5. The Morgan fingerprint density at radius 1 is 1.03 bits per heavy atom. The minimum Gasteiger partial charge on any atom is -0.449 e. The van der Waals surface area contributed by atoms with Gasteiger partial charge in [0.1, 0.15) is 6.61 Å². The van der Waals surface area contributed by atoms with E-state index in [1.165, 1.54) is 22.3 Å². The molecule has 190 valence electrons. The summed E-state index contributed by atoms with van der Waals surface area (Å²) in [7, 11) is -0.657. The average Bonchev–Trinajstić information content (AvgIpc) is 3.30. The van der Waals surface area contributed by atoms with Crippen LogP contribution in [0, 0.1) is 0 Å². The van der Waals surface area contributed by atoms with Crippen molar-refractivity contribution in [2.75, 3.05) is 13.2 Å². The Morgan fingerprint density at radius 3 is 2.22 bits per heavy atom. The predicted octanol–water partition coefficient (Wildman–Crippen LogP) is 6.29. The Labute approximate surface area is 223 Å². The van der Waals surface area contributed by atoms with Crippen molar-refractivity contribution in [2.45, 2.75) is 44.8 Å². The van der Waals surface area contributed by atoms with E-state index in [1.807, 2.05) is 58.0 Å². The number of carbonyl (C=O) groups is 1. The monoisotopic (exact) mass is 516 g/mol. The van der Waals surface area contributed by atoms with Crippen LogP contribution in [0.3, 0.4) is 0 Å². The number of amides is 1. The Bertz CT molecular complexity index is 1300. The molecule has 1 fully saturated rings. The fraction of sp³-hybridized carbons (Fsp3) is 0.310. The molecule has 2 heterocycles. The molecule has 1 aliphatic heterocycles. The van der Waals surface area contributed by atoms with E-state index in [9.17, 15) is 4.79 Å². The van der Waals surface area contributed by atoms with Crippen molar-refractivity contribution in [3.05, 3.63) is 94.2 Å². The Kier molecular flexibility index (Phi) is 6.88. The number of aromatic nitrogens is 1. The SMILES string of the molecule is CC1(C)OB(C(=Cc2cnccc2Cl)CNC(=O)OCC2c3ccccc3-c3ccccc32)OC1(C)C. The van der Waals surface area contributed by atoms with Crippen molar-refractivity contribution >= 4 is 30.9 Å². The molecule has 1 amide bonds. The predicted molar refractivity (Wildman–Crippen MR) is 146 cm³/mol. The lowest BCUT2D eigenvalue weighted by Crippen LogP contribution is -2.41.